The van der Waals surface area contributed by atoms with Crippen LogP contribution >= 0.6 is 0 Å². The molecule has 0 heterocycles. The number of ether oxygens (including phenoxy) is 1. The molecule has 0 radical (unpaired) electrons. The summed E-state index contributed by atoms with van der Waals surface area (Å²) in [4.78, 5) is 24.0. The number of nitrogen functional groups attached to an aromatic ring is 1. The highest BCUT2D eigenvalue weighted by molar-refractivity contribution is 5.94. The van der Waals surface area contributed by atoms with Gasteiger partial charge in [0.25, 0.3) is 5.91 Å². The lowest BCUT2D eigenvalue weighted by Crippen LogP contribution is -2.40. The predicted molar refractivity (Wildman–Crippen MR) is 83.0 cm³/mol. The lowest BCUT2D eigenvalue weighted by molar-refractivity contribution is -0.129. The van der Waals surface area contributed by atoms with E-state index in [0.29, 0.717) is 16.8 Å². The van der Waals surface area contributed by atoms with Gasteiger partial charge in [0.15, 0.2) is 6.10 Å². The first-order valence-electron chi connectivity index (χ1n) is 7.23. The van der Waals surface area contributed by atoms with Gasteiger partial charge in [0.2, 0.25) is 0 Å². The minimum Gasteiger partial charge on any atom is -0.449 e. The summed E-state index contributed by atoms with van der Waals surface area (Å²) < 4.78 is 5.21. The van der Waals surface area contributed by atoms with Crippen LogP contribution in [0.15, 0.2) is 18.2 Å². The van der Waals surface area contributed by atoms with Crippen LogP contribution in [0.1, 0.15) is 49.5 Å². The maximum Gasteiger partial charge on any atom is 0.339 e. The SMILES string of the molecule is CCCC(C)NC(=O)C(C)OC(=O)c1cccc(N)c1C. The number of nitrogens with two attached hydrogens (primary N) is 1. The Morgan fingerprint density at radius 1 is 1.33 bits per heavy atom. The molecule has 2 atom stereocenters. The summed E-state index contributed by atoms with van der Waals surface area (Å²) in [6.45, 7) is 7.29. The zero-order valence-corrected chi connectivity index (χ0v) is 13.1. The van der Waals surface area contributed by atoms with Gasteiger partial charge in [-0.05, 0) is 44.9 Å². The third kappa shape index (κ3) is 4.77. The molecule has 0 saturated carbocycles. The first kappa shape index (κ1) is 17.0. The van der Waals surface area contributed by atoms with Gasteiger partial charge >= 0.3 is 5.97 Å². The zero-order valence-electron chi connectivity index (χ0n) is 13.1. The molecule has 0 aliphatic carbocycles. The third-order valence-electron chi connectivity index (χ3n) is 3.36. The Bertz CT molecular complexity index is 514. The molecule has 5 nitrogen and oxygen atoms in total. The van der Waals surface area contributed by atoms with Gasteiger partial charge in [-0.3, -0.25) is 4.79 Å². The van der Waals surface area contributed by atoms with Gasteiger partial charge < -0.3 is 15.8 Å². The molecule has 5 heteroatoms. The largest absolute Gasteiger partial charge is 0.449 e. The van der Waals surface area contributed by atoms with Crippen LogP contribution in [-0.4, -0.2) is 24.0 Å². The zero-order chi connectivity index (χ0) is 16.0. The van der Waals surface area contributed by atoms with E-state index in [2.05, 4.69) is 12.2 Å². The normalized spacial score (nSPS) is 13.3. The first-order valence-corrected chi connectivity index (χ1v) is 7.23. The summed E-state index contributed by atoms with van der Waals surface area (Å²) >= 11 is 0. The Morgan fingerprint density at radius 3 is 2.62 bits per heavy atom. The van der Waals surface area contributed by atoms with Crippen LogP contribution in [0.25, 0.3) is 0 Å². The molecule has 1 amide bonds. The molecular formula is C16H24N2O3. The van der Waals surface area contributed by atoms with Crippen molar-refractivity contribution in [3.05, 3.63) is 29.3 Å². The number of carbonyl (C=O) groups excluding carboxylic acids is 2. The van der Waals surface area contributed by atoms with E-state index in [4.69, 9.17) is 10.5 Å². The van der Waals surface area contributed by atoms with Crippen molar-refractivity contribution in [2.45, 2.75) is 52.7 Å². The fourth-order valence-electron chi connectivity index (χ4n) is 2.02. The fraction of sp³-hybridized carbons (Fsp3) is 0.500. The topological polar surface area (TPSA) is 81.4 Å². The molecule has 2 unspecified atom stereocenters. The highest BCUT2D eigenvalue weighted by Gasteiger charge is 2.21. The fourth-order valence-corrected chi connectivity index (χ4v) is 2.02. The van der Waals surface area contributed by atoms with Crippen LogP contribution in [-0.2, 0) is 9.53 Å². The number of carbonyl (C=O) groups is 2. The Labute approximate surface area is 125 Å². The average Bonchev–Trinajstić information content (AvgIpc) is 2.41. The van der Waals surface area contributed by atoms with E-state index in [0.717, 1.165) is 12.8 Å². The van der Waals surface area contributed by atoms with Gasteiger partial charge in [0.1, 0.15) is 0 Å². The summed E-state index contributed by atoms with van der Waals surface area (Å²) in [7, 11) is 0. The van der Waals surface area contributed by atoms with Gasteiger partial charge in [-0.15, -0.1) is 0 Å². The number of esters is 1. The van der Waals surface area contributed by atoms with Crippen molar-refractivity contribution in [1.82, 2.24) is 5.32 Å². The number of benzene rings is 1. The van der Waals surface area contributed by atoms with Crippen LogP contribution in [0.2, 0.25) is 0 Å². The molecule has 3 N–H and O–H groups in total. The van der Waals surface area contributed by atoms with E-state index in [1.807, 2.05) is 6.92 Å². The molecule has 1 rings (SSSR count). The minimum absolute atomic E-state index is 0.0674. The summed E-state index contributed by atoms with van der Waals surface area (Å²) in [6, 6.07) is 5.11. The quantitative estimate of drug-likeness (QED) is 0.623. The van der Waals surface area contributed by atoms with Crippen molar-refractivity contribution in [2.24, 2.45) is 0 Å². The summed E-state index contributed by atoms with van der Waals surface area (Å²) in [5.74, 6) is -0.823. The van der Waals surface area contributed by atoms with E-state index >= 15 is 0 Å². The van der Waals surface area contributed by atoms with Crippen LogP contribution < -0.4 is 11.1 Å². The molecule has 116 valence electrons. The standard InChI is InChI=1S/C16H24N2O3/c1-5-7-10(2)18-15(19)12(4)21-16(20)13-8-6-9-14(17)11(13)3/h6,8-10,12H,5,7,17H2,1-4H3,(H,18,19). The molecule has 1 aromatic carbocycles. The summed E-state index contributed by atoms with van der Waals surface area (Å²) in [5.41, 5.74) is 7.33. The van der Waals surface area contributed by atoms with Gasteiger partial charge in [-0.1, -0.05) is 19.4 Å². The second-order valence-corrected chi connectivity index (χ2v) is 5.27. The highest BCUT2D eigenvalue weighted by Crippen LogP contribution is 2.17. The smallest absolute Gasteiger partial charge is 0.339 e. The number of anilines is 1. The predicted octanol–water partition coefficient (Wildman–Crippen LogP) is 2.43. The lowest BCUT2D eigenvalue weighted by atomic mass is 10.1. The Kier molecular flexibility index (Phi) is 6.21. The van der Waals surface area contributed by atoms with Crippen molar-refractivity contribution >= 4 is 17.6 Å². The Balaban J connectivity index is 2.65. The Morgan fingerprint density at radius 2 is 2.00 bits per heavy atom. The van der Waals surface area contributed by atoms with Crippen LogP contribution in [0, 0.1) is 6.92 Å². The second kappa shape index (κ2) is 7.67. The van der Waals surface area contributed by atoms with E-state index in [1.165, 1.54) is 0 Å². The van der Waals surface area contributed by atoms with Gasteiger partial charge in [0, 0.05) is 11.7 Å². The molecule has 0 aromatic heterocycles. The molecule has 0 spiro atoms. The van der Waals surface area contributed by atoms with E-state index in [1.54, 1.807) is 32.0 Å². The van der Waals surface area contributed by atoms with Crippen molar-refractivity contribution < 1.29 is 14.3 Å². The number of rotatable bonds is 6. The van der Waals surface area contributed by atoms with Crippen molar-refractivity contribution in [3.63, 3.8) is 0 Å². The maximum absolute atomic E-state index is 12.1. The van der Waals surface area contributed by atoms with Gasteiger partial charge in [-0.2, -0.15) is 0 Å². The van der Waals surface area contributed by atoms with Gasteiger partial charge in [-0.25, -0.2) is 4.79 Å². The molecule has 21 heavy (non-hydrogen) atoms. The molecule has 0 saturated heterocycles. The molecule has 0 aliphatic rings. The van der Waals surface area contributed by atoms with Gasteiger partial charge in [0.05, 0.1) is 5.56 Å². The Hall–Kier alpha value is -2.04. The van der Waals surface area contributed by atoms with Crippen LogP contribution in [0.5, 0.6) is 0 Å². The number of amides is 1. The van der Waals surface area contributed by atoms with Crippen LogP contribution in [0.3, 0.4) is 0 Å². The third-order valence-corrected chi connectivity index (χ3v) is 3.36. The minimum atomic E-state index is -0.836. The lowest BCUT2D eigenvalue weighted by Gasteiger charge is -2.18. The molecule has 1 aromatic rings. The van der Waals surface area contributed by atoms with Crippen molar-refractivity contribution in [2.75, 3.05) is 5.73 Å². The highest BCUT2D eigenvalue weighted by atomic mass is 16.5. The summed E-state index contributed by atoms with van der Waals surface area (Å²) in [5, 5.41) is 2.82. The molecule has 0 bridgehead atoms. The monoisotopic (exact) mass is 292 g/mol. The van der Waals surface area contributed by atoms with Crippen LogP contribution in [0.4, 0.5) is 5.69 Å². The molecular weight excluding hydrogens is 268 g/mol. The van der Waals surface area contributed by atoms with E-state index in [9.17, 15) is 9.59 Å². The first-order chi connectivity index (χ1) is 9.86. The second-order valence-electron chi connectivity index (χ2n) is 5.27. The summed E-state index contributed by atoms with van der Waals surface area (Å²) in [6.07, 6.45) is 1.04. The number of hydrogen-bond donors (Lipinski definition) is 2. The molecule has 0 fully saturated rings. The van der Waals surface area contributed by atoms with E-state index in [-0.39, 0.29) is 11.9 Å². The number of nitrogens with one attached hydrogen (secondary N) is 1. The average molecular weight is 292 g/mol. The number of hydrogen-bond acceptors (Lipinski definition) is 4. The molecule has 0 aliphatic heterocycles. The van der Waals surface area contributed by atoms with Crippen molar-refractivity contribution in [1.29, 1.82) is 0 Å². The van der Waals surface area contributed by atoms with Crippen molar-refractivity contribution in [3.8, 4) is 0 Å². The van der Waals surface area contributed by atoms with E-state index < -0.39 is 12.1 Å². The maximum atomic E-state index is 12.1.